The summed E-state index contributed by atoms with van der Waals surface area (Å²) < 4.78 is 1.01. The van der Waals surface area contributed by atoms with Gasteiger partial charge < -0.3 is 10.2 Å². The second-order valence-electron chi connectivity index (χ2n) is 8.69. The summed E-state index contributed by atoms with van der Waals surface area (Å²) in [5.74, 6) is 0.605. The molecule has 0 radical (unpaired) electrons. The first-order valence-corrected chi connectivity index (χ1v) is 15.0. The van der Waals surface area contributed by atoms with E-state index in [2.05, 4.69) is 28.2 Å². The predicted molar refractivity (Wildman–Crippen MR) is 159 cm³/mol. The topological polar surface area (TPSA) is 49.4 Å². The summed E-state index contributed by atoms with van der Waals surface area (Å²) in [7, 11) is 0. The van der Waals surface area contributed by atoms with Gasteiger partial charge in [0.25, 0.3) is 0 Å². The van der Waals surface area contributed by atoms with Crippen molar-refractivity contribution in [3.8, 4) is 0 Å². The molecular weight excluding hydrogens is 591 g/mol. The van der Waals surface area contributed by atoms with Crippen LogP contribution in [0.4, 0.5) is 0 Å². The summed E-state index contributed by atoms with van der Waals surface area (Å²) in [5, 5.41) is 3.97. The Balaban J connectivity index is 1.87. The molecule has 4 nitrogen and oxygen atoms in total. The average molecular weight is 622 g/mol. The third-order valence-electron chi connectivity index (χ3n) is 5.90. The van der Waals surface area contributed by atoms with Crippen molar-refractivity contribution in [3.05, 3.63) is 104 Å². The normalized spacial score (nSPS) is 11.7. The van der Waals surface area contributed by atoms with E-state index in [1.54, 1.807) is 23.1 Å². The molecule has 0 heterocycles. The Labute approximate surface area is 242 Å². The summed E-state index contributed by atoms with van der Waals surface area (Å²) in [6.45, 7) is 2.79. The quantitative estimate of drug-likeness (QED) is 0.201. The number of amides is 2. The van der Waals surface area contributed by atoms with Crippen LogP contribution in [-0.4, -0.2) is 35.1 Å². The number of unbranched alkanes of at least 4 members (excludes halogenated alkanes) is 1. The number of rotatable bonds is 13. The molecule has 1 atom stereocenters. The van der Waals surface area contributed by atoms with E-state index in [1.165, 1.54) is 11.8 Å². The highest BCUT2D eigenvalue weighted by Gasteiger charge is 2.31. The molecule has 0 aliphatic carbocycles. The third kappa shape index (κ3) is 9.36. The van der Waals surface area contributed by atoms with Crippen LogP contribution < -0.4 is 5.32 Å². The zero-order chi connectivity index (χ0) is 26.6. The van der Waals surface area contributed by atoms with Crippen LogP contribution in [0.25, 0.3) is 0 Å². The van der Waals surface area contributed by atoms with Crippen LogP contribution >= 0.6 is 50.9 Å². The van der Waals surface area contributed by atoms with Crippen molar-refractivity contribution < 1.29 is 9.59 Å². The van der Waals surface area contributed by atoms with Gasteiger partial charge in [-0.1, -0.05) is 101 Å². The van der Waals surface area contributed by atoms with E-state index in [1.807, 2.05) is 54.6 Å². The fourth-order valence-corrected chi connectivity index (χ4v) is 5.49. The first kappa shape index (κ1) is 29.6. The minimum Gasteiger partial charge on any atom is -0.354 e. The number of nitrogens with zero attached hydrogens (tertiary/aromatic N) is 1. The second-order valence-corrected chi connectivity index (χ2v) is 11.4. The lowest BCUT2D eigenvalue weighted by molar-refractivity contribution is -0.139. The summed E-state index contributed by atoms with van der Waals surface area (Å²) in [5.41, 5.74) is 2.74. The van der Waals surface area contributed by atoms with Crippen molar-refractivity contribution in [1.82, 2.24) is 10.2 Å². The molecule has 196 valence electrons. The van der Waals surface area contributed by atoms with Crippen LogP contribution in [0.15, 0.2) is 77.3 Å². The molecule has 0 aromatic heterocycles. The van der Waals surface area contributed by atoms with Gasteiger partial charge in [0.05, 0.1) is 5.75 Å². The maximum Gasteiger partial charge on any atom is 0.243 e. The minimum absolute atomic E-state index is 0.135. The average Bonchev–Trinajstić information content (AvgIpc) is 2.89. The molecule has 3 aromatic rings. The maximum absolute atomic E-state index is 13.7. The predicted octanol–water partition coefficient (Wildman–Crippen LogP) is 7.55. The first-order chi connectivity index (χ1) is 17.9. The van der Waals surface area contributed by atoms with Gasteiger partial charge in [-0.3, -0.25) is 9.59 Å². The van der Waals surface area contributed by atoms with E-state index in [9.17, 15) is 9.59 Å². The van der Waals surface area contributed by atoms with Crippen LogP contribution in [0.1, 0.15) is 36.5 Å². The van der Waals surface area contributed by atoms with Crippen molar-refractivity contribution >= 4 is 62.7 Å². The Bertz CT molecular complexity index is 1140. The molecule has 0 saturated carbocycles. The third-order valence-corrected chi connectivity index (χ3v) is 8.12. The van der Waals surface area contributed by atoms with E-state index in [4.69, 9.17) is 23.2 Å². The fraction of sp³-hybridized carbons (Fsp3) is 0.310. The largest absolute Gasteiger partial charge is 0.354 e. The number of nitrogens with one attached hydrogen (secondary N) is 1. The van der Waals surface area contributed by atoms with Crippen molar-refractivity contribution in [1.29, 1.82) is 0 Å². The number of halogens is 3. The van der Waals surface area contributed by atoms with Crippen molar-refractivity contribution in [3.63, 3.8) is 0 Å². The van der Waals surface area contributed by atoms with Gasteiger partial charge in [0.15, 0.2) is 0 Å². The molecule has 0 fully saturated rings. The van der Waals surface area contributed by atoms with Gasteiger partial charge >= 0.3 is 0 Å². The van der Waals surface area contributed by atoms with Crippen molar-refractivity contribution in [2.45, 2.75) is 44.5 Å². The van der Waals surface area contributed by atoms with Gasteiger partial charge in [-0.05, 0) is 41.8 Å². The molecule has 0 spiro atoms. The molecule has 8 heteroatoms. The minimum atomic E-state index is -0.702. The number of thioether (sulfide) groups is 1. The van der Waals surface area contributed by atoms with Crippen molar-refractivity contribution in [2.75, 3.05) is 12.3 Å². The zero-order valence-electron chi connectivity index (χ0n) is 20.8. The van der Waals surface area contributed by atoms with Crippen LogP contribution in [-0.2, 0) is 28.3 Å². The van der Waals surface area contributed by atoms with E-state index >= 15 is 0 Å². The smallest absolute Gasteiger partial charge is 0.243 e. The highest BCUT2D eigenvalue weighted by atomic mass is 79.9. The Hall–Kier alpha value is -1.99. The molecule has 3 rings (SSSR count). The fourth-order valence-electron chi connectivity index (χ4n) is 3.83. The lowest BCUT2D eigenvalue weighted by atomic mass is 10.0. The Kier molecular flexibility index (Phi) is 12.3. The number of carbonyl (C=O) groups is 2. The van der Waals surface area contributed by atoms with Crippen LogP contribution in [0.3, 0.4) is 0 Å². The highest BCUT2D eigenvalue weighted by molar-refractivity contribution is 9.10. The Morgan fingerprint density at radius 3 is 2.27 bits per heavy atom. The number of benzene rings is 3. The lowest BCUT2D eigenvalue weighted by Crippen LogP contribution is -2.51. The first-order valence-electron chi connectivity index (χ1n) is 12.2. The van der Waals surface area contributed by atoms with E-state index in [0.717, 1.165) is 28.4 Å². The summed E-state index contributed by atoms with van der Waals surface area (Å²) >= 11 is 18.0. The van der Waals surface area contributed by atoms with E-state index in [-0.39, 0.29) is 24.1 Å². The Morgan fingerprint density at radius 2 is 1.62 bits per heavy atom. The molecule has 0 bridgehead atoms. The lowest BCUT2D eigenvalue weighted by Gasteiger charge is -2.32. The van der Waals surface area contributed by atoms with Gasteiger partial charge in [0, 0.05) is 45.3 Å². The van der Waals surface area contributed by atoms with Gasteiger partial charge in [0.2, 0.25) is 11.8 Å². The van der Waals surface area contributed by atoms with E-state index < -0.39 is 6.04 Å². The molecule has 37 heavy (non-hydrogen) atoms. The molecule has 0 saturated heterocycles. The van der Waals surface area contributed by atoms with Crippen LogP contribution in [0.2, 0.25) is 10.0 Å². The molecule has 0 unspecified atom stereocenters. The van der Waals surface area contributed by atoms with Gasteiger partial charge in [0.1, 0.15) is 6.04 Å². The molecule has 2 amide bonds. The second kappa shape index (κ2) is 15.4. The number of hydrogen-bond donors (Lipinski definition) is 1. The van der Waals surface area contributed by atoms with Crippen molar-refractivity contribution in [2.24, 2.45) is 0 Å². The number of hydrogen-bond acceptors (Lipinski definition) is 3. The maximum atomic E-state index is 13.7. The summed E-state index contributed by atoms with van der Waals surface area (Å²) in [6.07, 6.45) is 2.23. The highest BCUT2D eigenvalue weighted by Crippen LogP contribution is 2.28. The Morgan fingerprint density at radius 1 is 0.946 bits per heavy atom. The summed E-state index contributed by atoms with van der Waals surface area (Å²) in [6, 6.07) is 22.4. The van der Waals surface area contributed by atoms with Gasteiger partial charge in [-0.25, -0.2) is 0 Å². The SMILES string of the molecule is CCCCNC(=O)[C@H](Cc1ccccc1)N(Cc1c(Cl)cccc1Cl)C(=O)CSCc1ccc(Br)cc1. The van der Waals surface area contributed by atoms with Gasteiger partial charge in [-0.15, -0.1) is 11.8 Å². The molecular formula is C29H31BrCl2N2O2S. The van der Waals surface area contributed by atoms with Gasteiger partial charge in [-0.2, -0.15) is 0 Å². The molecule has 0 aliphatic rings. The monoisotopic (exact) mass is 620 g/mol. The molecule has 0 aliphatic heterocycles. The van der Waals surface area contributed by atoms with Crippen LogP contribution in [0.5, 0.6) is 0 Å². The van der Waals surface area contributed by atoms with Crippen LogP contribution in [0, 0.1) is 0 Å². The molecule has 3 aromatic carbocycles. The van der Waals surface area contributed by atoms with E-state index in [0.29, 0.717) is 34.3 Å². The summed E-state index contributed by atoms with van der Waals surface area (Å²) in [4.78, 5) is 28.8. The number of carbonyl (C=O) groups excluding carboxylic acids is 2. The molecule has 1 N–H and O–H groups in total. The zero-order valence-corrected chi connectivity index (χ0v) is 24.7. The standard InChI is InChI=1S/C29H31BrCl2N2O2S/c1-2-3-16-33-29(36)27(17-21-8-5-4-6-9-21)34(18-24-25(31)10-7-11-26(24)32)28(35)20-37-19-22-12-14-23(30)15-13-22/h4-15,27H,2-3,16-20H2,1H3,(H,33,36)/t27-/m0/s1.